The van der Waals surface area contributed by atoms with Gasteiger partial charge in [-0.25, -0.2) is 12.7 Å². The van der Waals surface area contributed by atoms with Crippen LogP contribution in [0.3, 0.4) is 0 Å². The third kappa shape index (κ3) is 2.63. The van der Waals surface area contributed by atoms with Crippen LogP contribution in [0.1, 0.15) is 18.4 Å². The van der Waals surface area contributed by atoms with Gasteiger partial charge < -0.3 is 5.73 Å². The summed E-state index contributed by atoms with van der Waals surface area (Å²) in [4.78, 5) is 0.243. The quantitative estimate of drug-likeness (QED) is 0.865. The molecule has 0 heterocycles. The van der Waals surface area contributed by atoms with Gasteiger partial charge in [0.2, 0.25) is 10.0 Å². The number of benzene rings is 1. The third-order valence-electron chi connectivity index (χ3n) is 3.19. The first-order valence-electron chi connectivity index (χ1n) is 5.84. The highest BCUT2D eigenvalue weighted by Crippen LogP contribution is 2.32. The van der Waals surface area contributed by atoms with Gasteiger partial charge in [-0.3, -0.25) is 0 Å². The van der Waals surface area contributed by atoms with E-state index in [-0.39, 0.29) is 4.90 Å². The number of nitrogen functional groups attached to an aromatic ring is 1. The molecule has 1 aromatic rings. The maximum Gasteiger partial charge on any atom is 0.243 e. The van der Waals surface area contributed by atoms with Crippen molar-refractivity contribution in [2.24, 2.45) is 5.92 Å². The van der Waals surface area contributed by atoms with E-state index in [4.69, 9.17) is 17.3 Å². The first kappa shape index (κ1) is 13.6. The van der Waals surface area contributed by atoms with Gasteiger partial charge >= 0.3 is 0 Å². The lowest BCUT2D eigenvalue weighted by Gasteiger charge is -2.18. The number of aryl methyl sites for hydroxylation is 1. The Kier molecular flexibility index (Phi) is 3.58. The van der Waals surface area contributed by atoms with Crippen LogP contribution in [0.15, 0.2) is 17.0 Å². The number of nitrogens with zero attached hydrogens (tertiary/aromatic N) is 1. The zero-order chi connectivity index (χ0) is 13.5. The summed E-state index contributed by atoms with van der Waals surface area (Å²) >= 11 is 5.88. The Hall–Kier alpha value is -0.780. The molecule has 0 unspecified atom stereocenters. The molecule has 2 N–H and O–H groups in total. The summed E-state index contributed by atoms with van der Waals surface area (Å²) in [6, 6.07) is 3.03. The molecule has 0 aliphatic heterocycles. The van der Waals surface area contributed by atoms with Crippen molar-refractivity contribution in [3.8, 4) is 0 Å². The number of hydrogen-bond acceptors (Lipinski definition) is 3. The number of halogens is 1. The molecule has 0 bridgehead atoms. The van der Waals surface area contributed by atoms with Gasteiger partial charge in [-0.05, 0) is 43.4 Å². The average Bonchev–Trinajstić information content (AvgIpc) is 3.07. The van der Waals surface area contributed by atoms with Gasteiger partial charge in [0.15, 0.2) is 0 Å². The number of sulfonamides is 1. The van der Waals surface area contributed by atoms with Crippen LogP contribution in [-0.4, -0.2) is 26.3 Å². The Balaban J connectivity index is 2.36. The van der Waals surface area contributed by atoms with Crippen LogP contribution < -0.4 is 5.73 Å². The number of nitrogens with two attached hydrogens (primary N) is 1. The fourth-order valence-corrected chi connectivity index (χ4v) is 3.58. The Morgan fingerprint density at radius 2 is 2.06 bits per heavy atom. The fourth-order valence-electron chi connectivity index (χ4n) is 1.88. The molecule has 18 heavy (non-hydrogen) atoms. The van der Waals surface area contributed by atoms with Gasteiger partial charge in [0.1, 0.15) is 0 Å². The lowest BCUT2D eigenvalue weighted by Crippen LogP contribution is -2.29. The van der Waals surface area contributed by atoms with E-state index in [0.29, 0.717) is 28.7 Å². The molecule has 1 aliphatic carbocycles. The van der Waals surface area contributed by atoms with Crippen LogP contribution in [0.4, 0.5) is 5.69 Å². The van der Waals surface area contributed by atoms with E-state index in [1.54, 1.807) is 20.0 Å². The van der Waals surface area contributed by atoms with E-state index in [1.165, 1.54) is 10.4 Å². The average molecular weight is 289 g/mol. The van der Waals surface area contributed by atoms with E-state index in [0.717, 1.165) is 12.8 Å². The lowest BCUT2D eigenvalue weighted by atomic mass is 10.2. The van der Waals surface area contributed by atoms with Crippen LogP contribution in [0.2, 0.25) is 5.02 Å². The number of hydrogen-bond donors (Lipinski definition) is 1. The van der Waals surface area contributed by atoms with Crippen LogP contribution in [0.25, 0.3) is 0 Å². The number of anilines is 1. The summed E-state index contributed by atoms with van der Waals surface area (Å²) in [6.07, 6.45) is 2.23. The highest BCUT2D eigenvalue weighted by Gasteiger charge is 2.30. The summed E-state index contributed by atoms with van der Waals surface area (Å²) in [5.41, 5.74) is 6.60. The molecular weight excluding hydrogens is 272 g/mol. The molecule has 1 fully saturated rings. The second-order valence-corrected chi connectivity index (χ2v) is 7.29. The second kappa shape index (κ2) is 4.72. The molecule has 0 saturated heterocycles. The molecular formula is C12H17ClN2O2S. The van der Waals surface area contributed by atoms with Crippen molar-refractivity contribution in [2.75, 3.05) is 19.3 Å². The summed E-state index contributed by atoms with van der Waals surface area (Å²) in [5.74, 6) is 0.509. The molecule has 0 spiro atoms. The van der Waals surface area contributed by atoms with E-state index >= 15 is 0 Å². The molecule has 2 rings (SSSR count). The molecule has 0 radical (unpaired) electrons. The van der Waals surface area contributed by atoms with Gasteiger partial charge in [0.05, 0.1) is 15.6 Å². The van der Waals surface area contributed by atoms with Crippen molar-refractivity contribution < 1.29 is 8.42 Å². The topological polar surface area (TPSA) is 63.4 Å². The molecule has 1 saturated carbocycles. The Morgan fingerprint density at radius 1 is 1.44 bits per heavy atom. The van der Waals surface area contributed by atoms with E-state index in [9.17, 15) is 8.42 Å². The fraction of sp³-hybridized carbons (Fsp3) is 0.500. The maximum absolute atomic E-state index is 12.4. The number of rotatable bonds is 4. The van der Waals surface area contributed by atoms with Crippen LogP contribution in [0.5, 0.6) is 0 Å². The van der Waals surface area contributed by atoms with Gasteiger partial charge in [-0.1, -0.05) is 11.6 Å². The normalized spacial score (nSPS) is 16.2. The van der Waals surface area contributed by atoms with Crippen molar-refractivity contribution in [2.45, 2.75) is 24.7 Å². The summed E-state index contributed by atoms with van der Waals surface area (Å²) in [7, 11) is -1.86. The van der Waals surface area contributed by atoms with E-state index in [2.05, 4.69) is 0 Å². The Bertz CT molecular complexity index is 568. The van der Waals surface area contributed by atoms with Crippen molar-refractivity contribution in [3.63, 3.8) is 0 Å². The van der Waals surface area contributed by atoms with Crippen molar-refractivity contribution in [1.29, 1.82) is 0 Å². The molecule has 0 amide bonds. The predicted molar refractivity (Wildman–Crippen MR) is 73.1 cm³/mol. The largest absolute Gasteiger partial charge is 0.397 e. The third-order valence-corrected chi connectivity index (χ3v) is 5.49. The molecule has 1 aliphatic rings. The van der Waals surface area contributed by atoms with Crippen molar-refractivity contribution in [1.82, 2.24) is 4.31 Å². The SMILES string of the molecule is Cc1cc(Cl)c(N)cc1S(=O)(=O)N(C)CC1CC1. The smallest absolute Gasteiger partial charge is 0.243 e. The van der Waals surface area contributed by atoms with Crippen molar-refractivity contribution >= 4 is 27.3 Å². The minimum atomic E-state index is -3.47. The molecule has 0 aromatic heterocycles. The molecule has 4 nitrogen and oxygen atoms in total. The summed E-state index contributed by atoms with van der Waals surface area (Å²) in [5, 5.41) is 0.385. The molecule has 1 aromatic carbocycles. The highest BCUT2D eigenvalue weighted by atomic mass is 35.5. The zero-order valence-corrected chi connectivity index (χ0v) is 12.1. The zero-order valence-electron chi connectivity index (χ0n) is 10.5. The molecule has 0 atom stereocenters. The van der Waals surface area contributed by atoms with Gasteiger partial charge in [0.25, 0.3) is 0 Å². The van der Waals surface area contributed by atoms with Crippen molar-refractivity contribution in [3.05, 3.63) is 22.7 Å². The van der Waals surface area contributed by atoms with E-state index < -0.39 is 10.0 Å². The van der Waals surface area contributed by atoms with Gasteiger partial charge in [-0.15, -0.1) is 0 Å². The molecule has 100 valence electrons. The van der Waals surface area contributed by atoms with Crippen LogP contribution in [-0.2, 0) is 10.0 Å². The lowest BCUT2D eigenvalue weighted by molar-refractivity contribution is 0.452. The van der Waals surface area contributed by atoms with Gasteiger partial charge in [-0.2, -0.15) is 0 Å². The van der Waals surface area contributed by atoms with Crippen LogP contribution in [0, 0.1) is 12.8 Å². The minimum absolute atomic E-state index is 0.243. The molecule has 6 heteroatoms. The first-order chi connectivity index (χ1) is 8.32. The highest BCUT2D eigenvalue weighted by molar-refractivity contribution is 7.89. The predicted octanol–water partition coefficient (Wildman–Crippen LogP) is 2.26. The monoisotopic (exact) mass is 288 g/mol. The van der Waals surface area contributed by atoms with Crippen LogP contribution >= 0.6 is 11.6 Å². The summed E-state index contributed by atoms with van der Waals surface area (Å²) < 4.78 is 26.2. The Morgan fingerprint density at radius 3 is 2.61 bits per heavy atom. The van der Waals surface area contributed by atoms with Gasteiger partial charge in [0, 0.05) is 13.6 Å². The maximum atomic E-state index is 12.4. The standard InChI is InChI=1S/C12H17ClN2O2S/c1-8-5-10(13)11(14)6-12(8)18(16,17)15(2)7-9-3-4-9/h5-6,9H,3-4,7,14H2,1-2H3. The first-order valence-corrected chi connectivity index (χ1v) is 7.66. The summed E-state index contributed by atoms with van der Waals surface area (Å²) in [6.45, 7) is 2.30. The minimum Gasteiger partial charge on any atom is -0.397 e. The second-order valence-electron chi connectivity index (χ2n) is 4.87. The Labute approximate surface area is 113 Å². The van der Waals surface area contributed by atoms with E-state index in [1.807, 2.05) is 0 Å².